The molecule has 12 nitrogen and oxygen atoms in total. The average molecular weight is 650 g/mol. The molecule has 5 aromatic rings. The van der Waals surface area contributed by atoms with E-state index >= 15 is 0 Å². The number of rotatable bonds is 13. The fourth-order valence-corrected chi connectivity index (χ4v) is 5.80. The Morgan fingerprint density at radius 3 is 2.48 bits per heavy atom. The summed E-state index contributed by atoms with van der Waals surface area (Å²) in [5.74, 6) is -0.313. The van der Waals surface area contributed by atoms with Gasteiger partial charge < -0.3 is 36.2 Å². The third kappa shape index (κ3) is 7.46. The summed E-state index contributed by atoms with van der Waals surface area (Å²) in [5.41, 5.74) is 6.53. The summed E-state index contributed by atoms with van der Waals surface area (Å²) < 4.78 is 7.35. The van der Waals surface area contributed by atoms with E-state index in [0.29, 0.717) is 56.1 Å². The lowest BCUT2D eigenvalue weighted by Crippen LogP contribution is -2.29. The molecule has 6 rings (SSSR count). The molecular formula is C36H39N7O5. The Morgan fingerprint density at radius 1 is 1.04 bits per heavy atom. The van der Waals surface area contributed by atoms with Gasteiger partial charge in [0.05, 0.1) is 34.6 Å². The summed E-state index contributed by atoms with van der Waals surface area (Å²) in [6.45, 7) is 4.90. The fourth-order valence-electron chi connectivity index (χ4n) is 5.80. The number of benzene rings is 3. The van der Waals surface area contributed by atoms with Crippen LogP contribution >= 0.6 is 0 Å². The van der Waals surface area contributed by atoms with Gasteiger partial charge in [-0.1, -0.05) is 42.5 Å². The van der Waals surface area contributed by atoms with Gasteiger partial charge in [0.1, 0.15) is 5.75 Å². The lowest BCUT2D eigenvalue weighted by molar-refractivity contribution is -0.105. The van der Waals surface area contributed by atoms with Gasteiger partial charge in [0.2, 0.25) is 6.41 Å². The number of anilines is 3. The minimum Gasteiger partial charge on any atom is -0.506 e. The molecule has 0 saturated carbocycles. The van der Waals surface area contributed by atoms with Crippen LogP contribution in [-0.2, 0) is 22.6 Å². The minimum atomic E-state index is -0.815. The quantitative estimate of drug-likeness (QED) is 0.0756. The molecule has 3 heterocycles. The molecule has 2 aromatic heterocycles. The number of fused-ring (bicyclic) bond motifs is 1. The van der Waals surface area contributed by atoms with Crippen molar-refractivity contribution in [3.8, 4) is 16.9 Å². The highest BCUT2D eigenvalue weighted by Gasteiger charge is 2.22. The Hall–Kier alpha value is -5.30. The molecule has 48 heavy (non-hydrogen) atoms. The van der Waals surface area contributed by atoms with Crippen LogP contribution in [-0.4, -0.2) is 63.1 Å². The fraction of sp³-hybridized carbons (Fsp3) is 0.278. The number of nitrogens with one attached hydrogen (secondary N) is 4. The number of aliphatic hydroxyl groups excluding tert-OH is 1. The molecule has 1 fully saturated rings. The normalized spacial score (nSPS) is 14.0. The smallest absolute Gasteiger partial charge is 0.259 e. The van der Waals surface area contributed by atoms with Crippen LogP contribution in [0.5, 0.6) is 5.75 Å². The summed E-state index contributed by atoms with van der Waals surface area (Å²) in [5, 5.41) is 37.9. The summed E-state index contributed by atoms with van der Waals surface area (Å²) in [6.07, 6.45) is 4.77. The second kappa shape index (κ2) is 15.1. The largest absolute Gasteiger partial charge is 0.506 e. The number of aromatic hydroxyl groups is 1. The number of ether oxygens (including phenoxy) is 1. The van der Waals surface area contributed by atoms with Crippen LogP contribution in [0.25, 0.3) is 22.2 Å². The summed E-state index contributed by atoms with van der Waals surface area (Å²) >= 11 is 0. The Balaban J connectivity index is 1.07. The maximum atomic E-state index is 13.6. The van der Waals surface area contributed by atoms with Crippen molar-refractivity contribution < 1.29 is 24.5 Å². The van der Waals surface area contributed by atoms with Gasteiger partial charge in [-0.15, -0.1) is 0 Å². The first kappa shape index (κ1) is 32.6. The summed E-state index contributed by atoms with van der Waals surface area (Å²) in [4.78, 5) is 28.9. The van der Waals surface area contributed by atoms with E-state index < -0.39 is 6.10 Å². The predicted molar refractivity (Wildman–Crippen MR) is 185 cm³/mol. The predicted octanol–water partition coefficient (Wildman–Crippen LogP) is 5.06. The molecule has 0 spiro atoms. The third-order valence-corrected chi connectivity index (χ3v) is 8.50. The zero-order valence-electron chi connectivity index (χ0n) is 26.6. The summed E-state index contributed by atoms with van der Waals surface area (Å²) in [7, 11) is 0. The van der Waals surface area contributed by atoms with Gasteiger partial charge in [0, 0.05) is 50.8 Å². The van der Waals surface area contributed by atoms with Crippen molar-refractivity contribution in [3.05, 3.63) is 95.8 Å². The Bertz CT molecular complexity index is 1870. The number of aliphatic hydroxyl groups is 1. The molecule has 0 unspecified atom stereocenters. The van der Waals surface area contributed by atoms with E-state index in [1.807, 2.05) is 60.1 Å². The lowest BCUT2D eigenvalue weighted by atomic mass is 10.0. The third-order valence-electron chi connectivity index (χ3n) is 8.50. The highest BCUT2D eigenvalue weighted by Crippen LogP contribution is 2.30. The van der Waals surface area contributed by atoms with Gasteiger partial charge in [-0.3, -0.25) is 9.59 Å². The molecule has 1 saturated heterocycles. The number of aromatic nitrogens is 3. The molecular weight excluding hydrogens is 610 g/mol. The van der Waals surface area contributed by atoms with Crippen molar-refractivity contribution in [3.63, 3.8) is 0 Å². The molecule has 2 amide bonds. The van der Waals surface area contributed by atoms with Crippen molar-refractivity contribution in [1.82, 2.24) is 20.1 Å². The van der Waals surface area contributed by atoms with E-state index in [9.17, 15) is 19.8 Å². The van der Waals surface area contributed by atoms with Crippen LogP contribution in [0.3, 0.4) is 0 Å². The van der Waals surface area contributed by atoms with E-state index in [4.69, 9.17) is 4.74 Å². The number of amides is 2. The summed E-state index contributed by atoms with van der Waals surface area (Å²) in [6, 6.07) is 20.6. The second-order valence-corrected chi connectivity index (χ2v) is 11.7. The van der Waals surface area contributed by atoms with Crippen molar-refractivity contribution in [2.75, 3.05) is 35.7 Å². The van der Waals surface area contributed by atoms with E-state index in [1.165, 1.54) is 6.07 Å². The van der Waals surface area contributed by atoms with Crippen LogP contribution in [0.15, 0.2) is 79.1 Å². The zero-order valence-corrected chi connectivity index (χ0v) is 26.6. The van der Waals surface area contributed by atoms with Crippen LogP contribution in [0.4, 0.5) is 17.1 Å². The maximum Gasteiger partial charge on any atom is 0.259 e. The van der Waals surface area contributed by atoms with Crippen molar-refractivity contribution in [2.45, 2.75) is 45.0 Å². The Labute approximate surface area is 278 Å². The molecule has 0 bridgehead atoms. The number of carbonyl (C=O) groups is 2. The van der Waals surface area contributed by atoms with Gasteiger partial charge in [0.25, 0.3) is 5.91 Å². The van der Waals surface area contributed by atoms with Crippen LogP contribution in [0.2, 0.25) is 0 Å². The molecule has 6 N–H and O–H groups in total. The van der Waals surface area contributed by atoms with Gasteiger partial charge >= 0.3 is 0 Å². The molecule has 248 valence electrons. The maximum absolute atomic E-state index is 13.6. The van der Waals surface area contributed by atoms with Crippen molar-refractivity contribution in [2.24, 2.45) is 0 Å². The highest BCUT2D eigenvalue weighted by molar-refractivity contribution is 6.12. The number of nitrogens with zero attached hydrogens (tertiary/aromatic N) is 3. The average Bonchev–Trinajstić information content (AvgIpc) is 3.54. The molecule has 3 aromatic carbocycles. The molecule has 1 aliphatic rings. The SMILES string of the molecule is CCn1ncc2c(NC3CCOCC3)c(C(=O)Nc3ccc(-c4ccc(CNC[C@H](O)c5ccc(O)c(NC=O)c5)cc4)cc3)cnc21. The topological polar surface area (TPSA) is 163 Å². The molecule has 1 atom stereocenters. The van der Waals surface area contributed by atoms with Crippen LogP contribution in [0.1, 0.15) is 47.4 Å². The zero-order chi connectivity index (χ0) is 33.5. The van der Waals surface area contributed by atoms with Crippen molar-refractivity contribution in [1.29, 1.82) is 0 Å². The van der Waals surface area contributed by atoms with Crippen LogP contribution in [0, 0.1) is 0 Å². The number of hydrogen-bond donors (Lipinski definition) is 6. The van der Waals surface area contributed by atoms with Gasteiger partial charge in [0.15, 0.2) is 5.65 Å². The van der Waals surface area contributed by atoms with E-state index in [-0.39, 0.29) is 23.4 Å². The Kier molecular flexibility index (Phi) is 10.2. The molecule has 12 heteroatoms. The number of pyridine rings is 1. The van der Waals surface area contributed by atoms with E-state index in [2.05, 4.69) is 31.3 Å². The highest BCUT2D eigenvalue weighted by atomic mass is 16.5. The minimum absolute atomic E-state index is 0.0647. The second-order valence-electron chi connectivity index (χ2n) is 11.7. The number of carbonyl (C=O) groups excluding carboxylic acids is 2. The number of aryl methyl sites for hydroxylation is 1. The number of phenols is 1. The van der Waals surface area contributed by atoms with E-state index in [0.717, 1.165) is 46.3 Å². The van der Waals surface area contributed by atoms with E-state index in [1.54, 1.807) is 24.5 Å². The Morgan fingerprint density at radius 2 is 1.77 bits per heavy atom. The lowest BCUT2D eigenvalue weighted by Gasteiger charge is -2.25. The molecule has 1 aliphatic heterocycles. The number of phenolic OH excluding ortho intramolecular Hbond substituents is 1. The van der Waals surface area contributed by atoms with Gasteiger partial charge in [-0.25, -0.2) is 9.67 Å². The first-order valence-electron chi connectivity index (χ1n) is 16.0. The first-order valence-corrected chi connectivity index (χ1v) is 16.0. The van der Waals surface area contributed by atoms with Crippen molar-refractivity contribution >= 4 is 40.4 Å². The monoisotopic (exact) mass is 649 g/mol. The molecule has 0 radical (unpaired) electrons. The van der Waals surface area contributed by atoms with Gasteiger partial charge in [-0.05, 0) is 66.3 Å². The number of hydrogen-bond acceptors (Lipinski definition) is 9. The van der Waals surface area contributed by atoms with Gasteiger partial charge in [-0.2, -0.15) is 5.10 Å². The standard InChI is InChI=1S/C36H39N7O5/c1-2-43-35-29(20-40-43)34(41-28-13-15-48-16-14-28)30(19-38-35)36(47)42-27-10-7-25(8-11-27)24-5-3-23(4-6-24)18-37-21-33(46)26-9-12-32(45)31(17-26)39-22-44/h3-12,17,19-20,22,28,33,37,45-46H,2,13-16,18,21H2,1H3,(H,38,41)(H,39,44)(H,42,47)/t33-/m0/s1. The van der Waals surface area contributed by atoms with Crippen LogP contribution < -0.4 is 21.3 Å². The first-order chi connectivity index (χ1) is 23.4. The molecule has 0 aliphatic carbocycles.